The first kappa shape index (κ1) is 5.24. The van der Waals surface area contributed by atoms with E-state index in [1.165, 1.54) is 17.6 Å². The molecule has 4 heteroatoms. The molecular formula is C4H4N2OS. The van der Waals surface area contributed by atoms with Crippen molar-refractivity contribution < 1.29 is 5.21 Å². The summed E-state index contributed by atoms with van der Waals surface area (Å²) in [6.07, 6.45) is 2.95. The summed E-state index contributed by atoms with van der Waals surface area (Å²) in [5.74, 6) is 0. The highest BCUT2D eigenvalue weighted by Crippen LogP contribution is 1.98. The fourth-order valence-electron chi connectivity index (χ4n) is 0.348. The van der Waals surface area contributed by atoms with Gasteiger partial charge >= 0.3 is 0 Å². The van der Waals surface area contributed by atoms with E-state index in [1.54, 1.807) is 6.20 Å². The van der Waals surface area contributed by atoms with E-state index >= 15 is 0 Å². The Balaban J connectivity index is 2.77. The summed E-state index contributed by atoms with van der Waals surface area (Å²) in [4.78, 5) is 3.82. The van der Waals surface area contributed by atoms with Crippen molar-refractivity contribution in [2.24, 2.45) is 5.16 Å². The predicted octanol–water partition coefficient (Wildman–Crippen LogP) is 0.951. The van der Waals surface area contributed by atoms with Crippen molar-refractivity contribution >= 4 is 17.6 Å². The topological polar surface area (TPSA) is 45.5 Å². The SMILES string of the molecule is O/N=C\c1nccs1. The summed E-state index contributed by atoms with van der Waals surface area (Å²) in [5.41, 5.74) is 0. The second kappa shape index (κ2) is 2.42. The van der Waals surface area contributed by atoms with Crippen LogP contribution < -0.4 is 0 Å². The van der Waals surface area contributed by atoms with Gasteiger partial charge < -0.3 is 5.21 Å². The summed E-state index contributed by atoms with van der Waals surface area (Å²) < 4.78 is 0. The first-order valence-corrected chi connectivity index (χ1v) is 2.88. The highest BCUT2D eigenvalue weighted by molar-refractivity contribution is 7.11. The lowest BCUT2D eigenvalue weighted by Gasteiger charge is -1.72. The summed E-state index contributed by atoms with van der Waals surface area (Å²) in [5, 5.41) is 13.3. The normalized spacial score (nSPS) is 10.5. The van der Waals surface area contributed by atoms with Crippen LogP contribution in [0.25, 0.3) is 0 Å². The van der Waals surface area contributed by atoms with E-state index < -0.39 is 0 Å². The minimum absolute atomic E-state index is 0.715. The molecule has 0 saturated carbocycles. The average Bonchev–Trinajstić information content (AvgIpc) is 2.19. The van der Waals surface area contributed by atoms with Crippen LogP contribution in [0.15, 0.2) is 16.7 Å². The number of nitrogens with zero attached hydrogens (tertiary/aromatic N) is 2. The van der Waals surface area contributed by atoms with Gasteiger partial charge in [-0.05, 0) is 0 Å². The molecule has 1 heterocycles. The predicted molar refractivity (Wildman–Crippen MR) is 31.5 cm³/mol. The number of thiazole rings is 1. The van der Waals surface area contributed by atoms with Gasteiger partial charge in [0.1, 0.15) is 11.2 Å². The van der Waals surface area contributed by atoms with Gasteiger partial charge in [-0.3, -0.25) is 0 Å². The Hall–Kier alpha value is -0.900. The Bertz CT molecular complexity index is 170. The number of hydrogen-bond donors (Lipinski definition) is 1. The lowest BCUT2D eigenvalue weighted by Crippen LogP contribution is -1.73. The minimum Gasteiger partial charge on any atom is -0.411 e. The largest absolute Gasteiger partial charge is 0.411 e. The quantitative estimate of drug-likeness (QED) is 0.347. The van der Waals surface area contributed by atoms with Crippen molar-refractivity contribution in [3.63, 3.8) is 0 Å². The van der Waals surface area contributed by atoms with E-state index in [-0.39, 0.29) is 0 Å². The smallest absolute Gasteiger partial charge is 0.137 e. The third-order valence-corrected chi connectivity index (χ3v) is 1.33. The van der Waals surface area contributed by atoms with Crippen LogP contribution in [0.2, 0.25) is 0 Å². The minimum atomic E-state index is 0.715. The number of rotatable bonds is 1. The molecule has 0 radical (unpaired) electrons. The van der Waals surface area contributed by atoms with Crippen molar-refractivity contribution in [2.75, 3.05) is 0 Å². The van der Waals surface area contributed by atoms with Gasteiger partial charge in [0.05, 0.1) is 0 Å². The third kappa shape index (κ3) is 1.04. The van der Waals surface area contributed by atoms with Crippen molar-refractivity contribution in [1.29, 1.82) is 0 Å². The Labute approximate surface area is 50.3 Å². The van der Waals surface area contributed by atoms with Crippen LogP contribution in [0.3, 0.4) is 0 Å². The zero-order valence-corrected chi connectivity index (χ0v) is 4.80. The first-order valence-electron chi connectivity index (χ1n) is 2.00. The second-order valence-corrected chi connectivity index (χ2v) is 2.04. The van der Waals surface area contributed by atoms with Gasteiger partial charge in [0, 0.05) is 11.6 Å². The van der Waals surface area contributed by atoms with E-state index in [9.17, 15) is 0 Å². The lowest BCUT2D eigenvalue weighted by atomic mass is 10.8. The Morgan fingerprint density at radius 1 is 1.88 bits per heavy atom. The molecule has 3 nitrogen and oxygen atoms in total. The summed E-state index contributed by atoms with van der Waals surface area (Å²) in [6.45, 7) is 0. The fourth-order valence-corrected chi connectivity index (χ4v) is 0.838. The van der Waals surface area contributed by atoms with Gasteiger partial charge in [-0.1, -0.05) is 5.16 Å². The third-order valence-electron chi connectivity index (χ3n) is 0.620. The van der Waals surface area contributed by atoms with Gasteiger partial charge in [-0.2, -0.15) is 0 Å². The second-order valence-electron chi connectivity index (χ2n) is 1.11. The molecule has 1 rings (SSSR count). The maximum absolute atomic E-state index is 7.97. The summed E-state index contributed by atoms with van der Waals surface area (Å²) in [6, 6.07) is 0. The van der Waals surface area contributed by atoms with Gasteiger partial charge in [0.15, 0.2) is 0 Å². The van der Waals surface area contributed by atoms with Gasteiger partial charge in [-0.25, -0.2) is 4.98 Å². The summed E-state index contributed by atoms with van der Waals surface area (Å²) >= 11 is 1.43. The van der Waals surface area contributed by atoms with Gasteiger partial charge in [0.2, 0.25) is 0 Å². The molecule has 0 amide bonds. The highest BCUT2D eigenvalue weighted by atomic mass is 32.1. The van der Waals surface area contributed by atoms with Crippen LogP contribution >= 0.6 is 11.3 Å². The van der Waals surface area contributed by atoms with Crippen LogP contribution in [0.5, 0.6) is 0 Å². The van der Waals surface area contributed by atoms with Crippen LogP contribution in [-0.4, -0.2) is 16.4 Å². The molecule has 0 aliphatic carbocycles. The molecule has 0 unspecified atom stereocenters. The van der Waals surface area contributed by atoms with E-state index in [1.807, 2.05) is 5.38 Å². The molecule has 0 bridgehead atoms. The van der Waals surface area contributed by atoms with E-state index in [0.717, 1.165) is 0 Å². The lowest BCUT2D eigenvalue weighted by molar-refractivity contribution is 0.322. The fraction of sp³-hybridized carbons (Fsp3) is 0. The van der Waals surface area contributed by atoms with E-state index in [0.29, 0.717) is 5.01 Å². The summed E-state index contributed by atoms with van der Waals surface area (Å²) in [7, 11) is 0. The maximum atomic E-state index is 7.97. The Morgan fingerprint density at radius 3 is 3.25 bits per heavy atom. The molecule has 1 aromatic rings. The average molecular weight is 128 g/mol. The molecular weight excluding hydrogens is 124 g/mol. The zero-order chi connectivity index (χ0) is 5.82. The van der Waals surface area contributed by atoms with Crippen LogP contribution in [0.1, 0.15) is 5.01 Å². The van der Waals surface area contributed by atoms with Crippen molar-refractivity contribution in [2.45, 2.75) is 0 Å². The van der Waals surface area contributed by atoms with Gasteiger partial charge in [-0.15, -0.1) is 11.3 Å². The molecule has 0 fully saturated rings. The first-order chi connectivity index (χ1) is 3.93. The molecule has 1 aromatic heterocycles. The van der Waals surface area contributed by atoms with Crippen LogP contribution in [-0.2, 0) is 0 Å². The van der Waals surface area contributed by atoms with Crippen molar-refractivity contribution in [1.82, 2.24) is 4.98 Å². The molecule has 0 spiro atoms. The van der Waals surface area contributed by atoms with Crippen LogP contribution in [0, 0.1) is 0 Å². The molecule has 0 aliphatic rings. The Kier molecular flexibility index (Phi) is 1.58. The molecule has 0 aliphatic heterocycles. The van der Waals surface area contributed by atoms with Crippen molar-refractivity contribution in [3.05, 3.63) is 16.6 Å². The van der Waals surface area contributed by atoms with Crippen LogP contribution in [0.4, 0.5) is 0 Å². The maximum Gasteiger partial charge on any atom is 0.137 e. The van der Waals surface area contributed by atoms with E-state index in [2.05, 4.69) is 10.1 Å². The number of hydrogen-bond acceptors (Lipinski definition) is 4. The van der Waals surface area contributed by atoms with Gasteiger partial charge in [0.25, 0.3) is 0 Å². The molecule has 0 aromatic carbocycles. The van der Waals surface area contributed by atoms with Crippen molar-refractivity contribution in [3.8, 4) is 0 Å². The standard InChI is InChI=1S/C4H4N2OS/c7-6-3-4-5-1-2-8-4/h1-3,7H/b6-3-. The zero-order valence-electron chi connectivity index (χ0n) is 3.98. The molecule has 42 valence electrons. The molecule has 8 heavy (non-hydrogen) atoms. The number of aromatic nitrogens is 1. The molecule has 0 saturated heterocycles. The number of oxime groups is 1. The van der Waals surface area contributed by atoms with E-state index in [4.69, 9.17) is 5.21 Å². The molecule has 0 atom stereocenters. The highest BCUT2D eigenvalue weighted by Gasteiger charge is 1.84. The monoisotopic (exact) mass is 128 g/mol. The molecule has 1 N–H and O–H groups in total. The Morgan fingerprint density at radius 2 is 2.75 bits per heavy atom.